The zero-order chi connectivity index (χ0) is 14.3. The van der Waals surface area contributed by atoms with E-state index in [4.69, 9.17) is 0 Å². The molecule has 0 bridgehead atoms. The number of rotatable bonds is 2. The van der Waals surface area contributed by atoms with E-state index in [1.54, 1.807) is 6.92 Å². The van der Waals surface area contributed by atoms with E-state index < -0.39 is 0 Å². The third kappa shape index (κ3) is 2.36. The highest BCUT2D eigenvalue weighted by atomic mass is 16.3. The van der Waals surface area contributed by atoms with Gasteiger partial charge in [0.05, 0.1) is 12.1 Å². The molecule has 114 valence electrons. The van der Waals surface area contributed by atoms with Crippen LogP contribution < -0.4 is 0 Å². The number of carbonyl (C=O) groups excluding carboxylic acids is 1. The molecular weight excluding hydrogens is 254 g/mol. The Morgan fingerprint density at radius 1 is 1.25 bits per heavy atom. The first-order valence-electron chi connectivity index (χ1n) is 7.91. The van der Waals surface area contributed by atoms with Crippen LogP contribution in [0.2, 0.25) is 0 Å². The van der Waals surface area contributed by atoms with Crippen LogP contribution in [0, 0.1) is 0 Å². The summed E-state index contributed by atoms with van der Waals surface area (Å²) in [6.45, 7) is 8.49. The molecule has 1 N–H and O–H groups in total. The standard InChI is InChI=1S/C15H27N3O2/c1-12(20)17-9-14-8-16(13-4-3-5-13)6-7-18(14)15(2,10-17)11-19/h13-14,19H,3-11H2,1-2H3/t14-,15-/m0/s1. The molecule has 3 rings (SSSR count). The van der Waals surface area contributed by atoms with Crippen LogP contribution in [0.4, 0.5) is 0 Å². The van der Waals surface area contributed by atoms with Crippen molar-refractivity contribution in [1.29, 1.82) is 0 Å². The van der Waals surface area contributed by atoms with Crippen LogP contribution in [0.25, 0.3) is 0 Å². The van der Waals surface area contributed by atoms with Gasteiger partial charge in [-0.15, -0.1) is 0 Å². The molecule has 0 spiro atoms. The summed E-state index contributed by atoms with van der Waals surface area (Å²) in [7, 11) is 0. The summed E-state index contributed by atoms with van der Waals surface area (Å²) in [5, 5.41) is 9.83. The summed E-state index contributed by atoms with van der Waals surface area (Å²) in [6, 6.07) is 1.14. The Morgan fingerprint density at radius 2 is 2.00 bits per heavy atom. The molecule has 0 aromatic rings. The number of nitrogens with zero attached hydrogens (tertiary/aromatic N) is 3. The van der Waals surface area contributed by atoms with E-state index in [9.17, 15) is 9.90 Å². The second-order valence-electron chi connectivity index (χ2n) is 6.98. The van der Waals surface area contributed by atoms with Crippen molar-refractivity contribution in [3.05, 3.63) is 0 Å². The molecule has 20 heavy (non-hydrogen) atoms. The Hall–Kier alpha value is -0.650. The van der Waals surface area contributed by atoms with E-state index in [2.05, 4.69) is 16.7 Å². The number of carbonyl (C=O) groups is 1. The van der Waals surface area contributed by atoms with Gasteiger partial charge in [0.2, 0.25) is 5.91 Å². The van der Waals surface area contributed by atoms with Crippen molar-refractivity contribution >= 4 is 5.91 Å². The molecule has 0 radical (unpaired) electrons. The van der Waals surface area contributed by atoms with Crippen molar-refractivity contribution in [2.75, 3.05) is 39.3 Å². The number of aliphatic hydroxyl groups is 1. The molecule has 1 amide bonds. The summed E-state index contributed by atoms with van der Waals surface area (Å²) in [5.41, 5.74) is -0.277. The van der Waals surface area contributed by atoms with E-state index in [0.717, 1.165) is 32.2 Å². The molecule has 2 aliphatic heterocycles. The molecule has 5 nitrogen and oxygen atoms in total. The first kappa shape index (κ1) is 14.3. The number of hydrogen-bond donors (Lipinski definition) is 1. The van der Waals surface area contributed by atoms with Crippen molar-refractivity contribution in [2.45, 2.75) is 50.7 Å². The van der Waals surface area contributed by atoms with Crippen molar-refractivity contribution in [2.24, 2.45) is 0 Å². The summed E-state index contributed by atoms with van der Waals surface area (Å²) in [4.78, 5) is 18.7. The van der Waals surface area contributed by atoms with Gasteiger partial charge in [-0.1, -0.05) is 6.42 Å². The Bertz CT molecular complexity index is 385. The van der Waals surface area contributed by atoms with Gasteiger partial charge >= 0.3 is 0 Å². The maximum Gasteiger partial charge on any atom is 0.219 e. The van der Waals surface area contributed by atoms with Gasteiger partial charge < -0.3 is 10.0 Å². The van der Waals surface area contributed by atoms with Crippen molar-refractivity contribution in [3.63, 3.8) is 0 Å². The zero-order valence-corrected chi connectivity index (χ0v) is 12.7. The third-order valence-electron chi connectivity index (χ3n) is 5.55. The maximum absolute atomic E-state index is 11.8. The molecule has 0 aromatic heterocycles. The minimum absolute atomic E-state index is 0.122. The third-order valence-corrected chi connectivity index (χ3v) is 5.55. The average Bonchev–Trinajstić information content (AvgIpc) is 2.36. The topological polar surface area (TPSA) is 47.0 Å². The minimum atomic E-state index is -0.277. The van der Waals surface area contributed by atoms with E-state index in [1.807, 2.05) is 4.90 Å². The van der Waals surface area contributed by atoms with Crippen LogP contribution in [0.5, 0.6) is 0 Å². The summed E-state index contributed by atoms with van der Waals surface area (Å²) in [5.74, 6) is 0.130. The van der Waals surface area contributed by atoms with Gasteiger partial charge in [-0.2, -0.15) is 0 Å². The summed E-state index contributed by atoms with van der Waals surface area (Å²) < 4.78 is 0. The van der Waals surface area contributed by atoms with E-state index >= 15 is 0 Å². The second-order valence-corrected chi connectivity index (χ2v) is 6.98. The second kappa shape index (κ2) is 5.28. The summed E-state index contributed by atoms with van der Waals surface area (Å²) >= 11 is 0. The van der Waals surface area contributed by atoms with Crippen LogP contribution in [0.1, 0.15) is 33.1 Å². The number of amides is 1. The molecule has 5 heteroatoms. The number of fused-ring (bicyclic) bond motifs is 1. The lowest BCUT2D eigenvalue weighted by Gasteiger charge is -2.57. The smallest absolute Gasteiger partial charge is 0.219 e. The quantitative estimate of drug-likeness (QED) is 0.782. The predicted molar refractivity (Wildman–Crippen MR) is 77.5 cm³/mol. The van der Waals surface area contributed by atoms with Crippen LogP contribution >= 0.6 is 0 Å². The van der Waals surface area contributed by atoms with Crippen LogP contribution in [0.3, 0.4) is 0 Å². The normalized spacial score (nSPS) is 36.5. The van der Waals surface area contributed by atoms with Gasteiger partial charge in [-0.05, 0) is 19.8 Å². The van der Waals surface area contributed by atoms with Crippen molar-refractivity contribution in [1.82, 2.24) is 14.7 Å². The number of piperazine rings is 2. The maximum atomic E-state index is 11.8. The fourth-order valence-corrected chi connectivity index (χ4v) is 4.03. The SMILES string of the molecule is CC(=O)N1C[C@@H]2CN(C3CCC3)CCN2[C@](C)(CO)C1. The van der Waals surface area contributed by atoms with Gasteiger partial charge in [0.15, 0.2) is 0 Å². The van der Waals surface area contributed by atoms with Gasteiger partial charge in [0, 0.05) is 51.7 Å². The number of hydrogen-bond acceptors (Lipinski definition) is 4. The molecule has 3 fully saturated rings. The fraction of sp³-hybridized carbons (Fsp3) is 0.933. The van der Waals surface area contributed by atoms with Gasteiger partial charge in [0.1, 0.15) is 0 Å². The largest absolute Gasteiger partial charge is 0.394 e. The molecule has 0 aromatic carbocycles. The van der Waals surface area contributed by atoms with E-state index in [-0.39, 0.29) is 18.1 Å². The lowest BCUT2D eigenvalue weighted by Crippen LogP contribution is -2.73. The van der Waals surface area contributed by atoms with Crippen LogP contribution in [0.15, 0.2) is 0 Å². The molecular formula is C15H27N3O2. The van der Waals surface area contributed by atoms with Gasteiger partial charge in [-0.25, -0.2) is 0 Å². The van der Waals surface area contributed by atoms with Crippen molar-refractivity contribution in [3.8, 4) is 0 Å². The molecule has 2 saturated heterocycles. The number of aliphatic hydroxyl groups excluding tert-OH is 1. The van der Waals surface area contributed by atoms with Crippen LogP contribution in [-0.2, 0) is 4.79 Å². The van der Waals surface area contributed by atoms with Gasteiger partial charge in [-0.3, -0.25) is 14.6 Å². The summed E-state index contributed by atoms with van der Waals surface area (Å²) in [6.07, 6.45) is 4.03. The Morgan fingerprint density at radius 3 is 2.55 bits per heavy atom. The Kier molecular flexibility index (Phi) is 3.77. The van der Waals surface area contributed by atoms with Crippen molar-refractivity contribution < 1.29 is 9.90 Å². The highest BCUT2D eigenvalue weighted by molar-refractivity contribution is 5.73. The van der Waals surface area contributed by atoms with Gasteiger partial charge in [0.25, 0.3) is 0 Å². The van der Waals surface area contributed by atoms with E-state index in [1.165, 1.54) is 19.3 Å². The molecule has 2 atom stereocenters. The lowest BCUT2D eigenvalue weighted by molar-refractivity contribution is -0.145. The Balaban J connectivity index is 1.74. The fourth-order valence-electron chi connectivity index (χ4n) is 4.03. The first-order chi connectivity index (χ1) is 9.53. The molecule has 2 heterocycles. The molecule has 0 unspecified atom stereocenters. The molecule has 1 aliphatic carbocycles. The molecule has 3 aliphatic rings. The van der Waals surface area contributed by atoms with Crippen LogP contribution in [-0.4, -0.2) is 82.7 Å². The monoisotopic (exact) mass is 281 g/mol. The zero-order valence-electron chi connectivity index (χ0n) is 12.7. The molecule has 1 saturated carbocycles. The first-order valence-corrected chi connectivity index (χ1v) is 7.91. The average molecular weight is 281 g/mol. The Labute approximate surface area is 121 Å². The highest BCUT2D eigenvalue weighted by Gasteiger charge is 2.46. The highest BCUT2D eigenvalue weighted by Crippen LogP contribution is 2.32. The predicted octanol–water partition coefficient (Wildman–Crippen LogP) is 0.138. The minimum Gasteiger partial charge on any atom is -0.394 e. The lowest BCUT2D eigenvalue weighted by atomic mass is 9.87. The van der Waals surface area contributed by atoms with E-state index in [0.29, 0.717) is 12.6 Å².